The van der Waals surface area contributed by atoms with E-state index in [1.165, 1.54) is 15.9 Å². The van der Waals surface area contributed by atoms with Crippen LogP contribution in [0.15, 0.2) is 42.5 Å². The van der Waals surface area contributed by atoms with Gasteiger partial charge >= 0.3 is 6.03 Å². The lowest BCUT2D eigenvalue weighted by molar-refractivity contribution is -0.901. The zero-order valence-corrected chi connectivity index (χ0v) is 16.3. The van der Waals surface area contributed by atoms with Crippen molar-refractivity contribution in [2.24, 2.45) is 0 Å². The van der Waals surface area contributed by atoms with E-state index in [4.69, 9.17) is 11.6 Å². The lowest BCUT2D eigenvalue weighted by atomic mass is 10.2. The predicted molar refractivity (Wildman–Crippen MR) is 102 cm³/mol. The van der Waals surface area contributed by atoms with Crippen LogP contribution < -0.4 is 9.80 Å². The SMILES string of the molecule is Cc1ccc(N2C(=O)N(C[NH+](C)Cc3c(F)cccc3Cl)C(=O)[C@@H]2C)cc1. The molecule has 2 atom stereocenters. The van der Waals surface area contributed by atoms with E-state index in [0.29, 0.717) is 16.3 Å². The number of benzene rings is 2. The maximum absolute atomic E-state index is 14.0. The molecule has 0 spiro atoms. The molecule has 2 aromatic rings. The van der Waals surface area contributed by atoms with Gasteiger partial charge in [0.15, 0.2) is 6.67 Å². The first kappa shape index (κ1) is 19.3. The molecule has 1 aliphatic rings. The van der Waals surface area contributed by atoms with Gasteiger partial charge in [0.2, 0.25) is 0 Å². The van der Waals surface area contributed by atoms with Crippen LogP contribution in [0.3, 0.4) is 0 Å². The third kappa shape index (κ3) is 3.82. The first-order valence-electron chi connectivity index (χ1n) is 8.75. The molecule has 3 amide bonds. The molecule has 1 fully saturated rings. The number of rotatable bonds is 5. The molecule has 1 unspecified atom stereocenters. The Morgan fingerprint density at radius 1 is 1.15 bits per heavy atom. The van der Waals surface area contributed by atoms with E-state index in [0.717, 1.165) is 10.5 Å². The van der Waals surface area contributed by atoms with Crippen LogP contribution >= 0.6 is 11.6 Å². The number of nitrogens with one attached hydrogen (secondary N) is 1. The molecule has 0 aromatic heterocycles. The van der Waals surface area contributed by atoms with Gasteiger partial charge in [-0.2, -0.15) is 0 Å². The van der Waals surface area contributed by atoms with E-state index in [1.807, 2.05) is 31.2 Å². The monoisotopic (exact) mass is 390 g/mol. The van der Waals surface area contributed by atoms with Crippen molar-refractivity contribution in [3.63, 3.8) is 0 Å². The molecule has 1 heterocycles. The Hall–Kier alpha value is -2.44. The average molecular weight is 391 g/mol. The molecule has 1 N–H and O–H groups in total. The van der Waals surface area contributed by atoms with Gasteiger partial charge in [-0.1, -0.05) is 35.4 Å². The lowest BCUT2D eigenvalue weighted by Gasteiger charge is -2.21. The summed E-state index contributed by atoms with van der Waals surface area (Å²) >= 11 is 6.08. The number of amides is 3. The minimum absolute atomic E-state index is 0.134. The van der Waals surface area contributed by atoms with Crippen LogP contribution in [0.25, 0.3) is 0 Å². The van der Waals surface area contributed by atoms with Gasteiger partial charge in [0.05, 0.1) is 17.6 Å². The van der Waals surface area contributed by atoms with Crippen molar-refractivity contribution in [1.29, 1.82) is 0 Å². The highest BCUT2D eigenvalue weighted by Crippen LogP contribution is 2.25. The van der Waals surface area contributed by atoms with Gasteiger partial charge in [0.25, 0.3) is 5.91 Å². The van der Waals surface area contributed by atoms with Crippen LogP contribution in [0.4, 0.5) is 14.9 Å². The molecule has 27 heavy (non-hydrogen) atoms. The summed E-state index contributed by atoms with van der Waals surface area (Å²) in [7, 11) is 1.79. The van der Waals surface area contributed by atoms with Crippen LogP contribution in [0.1, 0.15) is 18.1 Å². The fraction of sp³-hybridized carbons (Fsp3) is 0.300. The van der Waals surface area contributed by atoms with Crippen molar-refractivity contribution in [3.8, 4) is 0 Å². The number of nitrogens with zero attached hydrogens (tertiary/aromatic N) is 2. The number of quaternary nitrogens is 1. The minimum atomic E-state index is -0.579. The minimum Gasteiger partial charge on any atom is -0.316 e. The van der Waals surface area contributed by atoms with Crippen molar-refractivity contribution < 1.29 is 18.9 Å². The second-order valence-corrected chi connectivity index (χ2v) is 7.33. The maximum atomic E-state index is 14.0. The van der Waals surface area contributed by atoms with E-state index < -0.39 is 11.9 Å². The molecule has 0 saturated carbocycles. The molecular weight excluding hydrogens is 369 g/mol. The number of urea groups is 1. The van der Waals surface area contributed by atoms with Crippen molar-refractivity contribution in [3.05, 3.63) is 64.4 Å². The number of halogens is 2. The Labute approximate surface area is 162 Å². The van der Waals surface area contributed by atoms with Crippen molar-refractivity contribution >= 4 is 29.2 Å². The molecular formula is C20H22ClFN3O2+. The van der Waals surface area contributed by atoms with Crippen LogP contribution in [0, 0.1) is 12.7 Å². The molecule has 1 aliphatic heterocycles. The van der Waals surface area contributed by atoms with Gasteiger partial charge in [0.1, 0.15) is 18.4 Å². The van der Waals surface area contributed by atoms with Crippen LogP contribution in [0.2, 0.25) is 5.02 Å². The molecule has 1 saturated heterocycles. The van der Waals surface area contributed by atoms with Crippen molar-refractivity contribution in [1.82, 2.24) is 4.90 Å². The Morgan fingerprint density at radius 3 is 2.44 bits per heavy atom. The van der Waals surface area contributed by atoms with Crippen LogP contribution in [-0.4, -0.2) is 36.6 Å². The zero-order valence-electron chi connectivity index (χ0n) is 15.5. The Balaban J connectivity index is 1.76. The normalized spacial score (nSPS) is 18.3. The molecule has 0 aliphatic carbocycles. The van der Waals surface area contributed by atoms with Crippen molar-refractivity contribution in [2.45, 2.75) is 26.4 Å². The van der Waals surface area contributed by atoms with Crippen LogP contribution in [0.5, 0.6) is 0 Å². The van der Waals surface area contributed by atoms with Gasteiger partial charge in [0, 0.05) is 5.69 Å². The van der Waals surface area contributed by atoms with E-state index in [-0.39, 0.29) is 25.2 Å². The maximum Gasteiger partial charge on any atom is 0.336 e. The molecule has 142 valence electrons. The summed E-state index contributed by atoms with van der Waals surface area (Å²) in [6.07, 6.45) is 0. The number of anilines is 1. The number of carbonyl (C=O) groups excluding carboxylic acids is 2. The van der Waals surface area contributed by atoms with Gasteiger partial charge in [-0.25, -0.2) is 14.1 Å². The molecule has 0 radical (unpaired) electrons. The molecule has 2 aromatic carbocycles. The summed E-state index contributed by atoms with van der Waals surface area (Å²) in [5.41, 5.74) is 2.13. The van der Waals surface area contributed by atoms with Gasteiger partial charge in [-0.05, 0) is 38.1 Å². The number of imide groups is 1. The summed E-state index contributed by atoms with van der Waals surface area (Å²) in [6.45, 7) is 4.07. The number of aryl methyl sites for hydroxylation is 1. The quantitative estimate of drug-likeness (QED) is 0.798. The highest BCUT2D eigenvalue weighted by atomic mass is 35.5. The third-order valence-electron chi connectivity index (χ3n) is 4.73. The highest BCUT2D eigenvalue weighted by Gasteiger charge is 2.44. The zero-order chi connectivity index (χ0) is 19.7. The second kappa shape index (κ2) is 7.66. The molecule has 7 heteroatoms. The van der Waals surface area contributed by atoms with Gasteiger partial charge in [-0.3, -0.25) is 9.69 Å². The summed E-state index contributed by atoms with van der Waals surface area (Å²) in [5, 5.41) is 0.336. The Morgan fingerprint density at radius 2 is 1.81 bits per heavy atom. The topological polar surface area (TPSA) is 45.1 Å². The largest absolute Gasteiger partial charge is 0.336 e. The van der Waals surface area contributed by atoms with E-state index in [2.05, 4.69) is 0 Å². The summed E-state index contributed by atoms with van der Waals surface area (Å²) in [4.78, 5) is 29.0. The van der Waals surface area contributed by atoms with Gasteiger partial charge in [-0.15, -0.1) is 0 Å². The molecule has 3 rings (SSSR count). The predicted octanol–water partition coefficient (Wildman–Crippen LogP) is 2.62. The van der Waals surface area contributed by atoms with E-state index in [9.17, 15) is 14.0 Å². The smallest absolute Gasteiger partial charge is 0.316 e. The molecule has 0 bridgehead atoms. The lowest BCUT2D eigenvalue weighted by Crippen LogP contribution is -3.09. The fourth-order valence-electron chi connectivity index (χ4n) is 3.24. The first-order chi connectivity index (χ1) is 12.8. The highest BCUT2D eigenvalue weighted by molar-refractivity contribution is 6.31. The summed E-state index contributed by atoms with van der Waals surface area (Å²) < 4.78 is 14.0. The Kier molecular flexibility index (Phi) is 5.48. The van der Waals surface area contributed by atoms with E-state index in [1.54, 1.807) is 26.1 Å². The van der Waals surface area contributed by atoms with Crippen LogP contribution in [-0.2, 0) is 11.3 Å². The summed E-state index contributed by atoms with van der Waals surface area (Å²) in [6, 6.07) is 11.0. The average Bonchev–Trinajstić information content (AvgIpc) is 2.83. The molecule has 5 nitrogen and oxygen atoms in total. The standard InChI is InChI=1S/C20H21ClFN3O2/c1-13-7-9-15(10-8-13)25-14(2)19(26)24(20(25)27)12-23(3)11-16-17(21)5-4-6-18(16)22/h4-10,14H,11-12H2,1-3H3/p+1/t14-/m0/s1. The van der Waals surface area contributed by atoms with E-state index >= 15 is 0 Å². The number of carbonyl (C=O) groups is 2. The first-order valence-corrected chi connectivity index (χ1v) is 9.13. The Bertz CT molecular complexity index is 852. The second-order valence-electron chi connectivity index (χ2n) is 6.92. The van der Waals surface area contributed by atoms with Crippen molar-refractivity contribution in [2.75, 3.05) is 18.6 Å². The number of hydrogen-bond donors (Lipinski definition) is 1. The number of hydrogen-bond acceptors (Lipinski definition) is 2. The summed E-state index contributed by atoms with van der Waals surface area (Å²) in [5.74, 6) is -0.657. The van der Waals surface area contributed by atoms with Gasteiger partial charge < -0.3 is 4.90 Å². The fourth-order valence-corrected chi connectivity index (χ4v) is 3.47. The third-order valence-corrected chi connectivity index (χ3v) is 5.08.